The number of thiocarbonyl (C=S) groups is 1. The van der Waals surface area contributed by atoms with Crippen molar-refractivity contribution >= 4 is 57.3 Å². The van der Waals surface area contributed by atoms with Crippen LogP contribution in [0.1, 0.15) is 11.3 Å². The minimum atomic E-state index is -0.418. The summed E-state index contributed by atoms with van der Waals surface area (Å²) in [5.74, 6) is 0.739. The van der Waals surface area contributed by atoms with Crippen LogP contribution in [0.25, 0.3) is 17.4 Å². The van der Waals surface area contributed by atoms with Gasteiger partial charge in [-0.1, -0.05) is 36.1 Å². The highest BCUT2D eigenvalue weighted by molar-refractivity contribution is 8.27. The summed E-state index contributed by atoms with van der Waals surface area (Å²) in [5, 5.41) is 11.2. The van der Waals surface area contributed by atoms with Crippen LogP contribution in [0.5, 0.6) is 0 Å². The fourth-order valence-corrected chi connectivity index (χ4v) is 4.66. The van der Waals surface area contributed by atoms with Gasteiger partial charge in [0.15, 0.2) is 4.32 Å². The predicted octanol–water partition coefficient (Wildman–Crippen LogP) is 5.64. The number of hydrogen-bond donors (Lipinski definition) is 0. The van der Waals surface area contributed by atoms with E-state index in [2.05, 4.69) is 0 Å². The number of nitro groups is 1. The lowest BCUT2D eigenvalue weighted by Crippen LogP contribution is -2.27. The third kappa shape index (κ3) is 4.04. The van der Waals surface area contributed by atoms with Crippen molar-refractivity contribution in [3.05, 3.63) is 80.9 Å². The number of hydrogen-bond acceptors (Lipinski definition) is 7. The van der Waals surface area contributed by atoms with Crippen molar-refractivity contribution in [2.75, 3.05) is 23.9 Å². The molecule has 1 aromatic heterocycles. The van der Waals surface area contributed by atoms with Crippen LogP contribution in [-0.2, 0) is 4.79 Å². The molecular formula is C23H19N3O4S2. The Hall–Kier alpha value is -3.43. The lowest BCUT2D eigenvalue weighted by Gasteiger charge is -2.17. The monoisotopic (exact) mass is 465 g/mol. The summed E-state index contributed by atoms with van der Waals surface area (Å²) in [5.41, 5.74) is 2.91. The van der Waals surface area contributed by atoms with Gasteiger partial charge >= 0.3 is 0 Å². The number of carbonyl (C=O) groups excluding carboxylic acids is 1. The number of rotatable bonds is 5. The molecule has 0 aliphatic carbocycles. The molecule has 0 saturated carbocycles. The van der Waals surface area contributed by atoms with E-state index in [0.29, 0.717) is 37.6 Å². The summed E-state index contributed by atoms with van der Waals surface area (Å²) in [6.45, 7) is 1.68. The second-order valence-corrected chi connectivity index (χ2v) is 9.01. The second kappa shape index (κ2) is 8.60. The molecule has 0 atom stereocenters. The van der Waals surface area contributed by atoms with Gasteiger partial charge in [-0.25, -0.2) is 0 Å². The summed E-state index contributed by atoms with van der Waals surface area (Å²) in [7, 11) is 3.90. The van der Waals surface area contributed by atoms with Crippen molar-refractivity contribution < 1.29 is 14.1 Å². The zero-order chi connectivity index (χ0) is 23.0. The SMILES string of the molecule is Cc1c(-c2ccc(C=C3SC(=S)N(c4ccc(N(C)C)cc4)C3=O)o2)cccc1[N+](=O)[O-]. The van der Waals surface area contributed by atoms with Gasteiger partial charge in [0.05, 0.1) is 15.5 Å². The third-order valence-corrected chi connectivity index (χ3v) is 6.39. The topological polar surface area (TPSA) is 79.8 Å². The van der Waals surface area contributed by atoms with Gasteiger partial charge in [-0.3, -0.25) is 19.8 Å². The van der Waals surface area contributed by atoms with Crippen LogP contribution in [0.15, 0.2) is 63.9 Å². The largest absolute Gasteiger partial charge is 0.457 e. The van der Waals surface area contributed by atoms with E-state index in [1.165, 1.54) is 22.7 Å². The zero-order valence-electron chi connectivity index (χ0n) is 17.6. The molecule has 4 rings (SSSR count). The maximum absolute atomic E-state index is 13.0. The Bertz CT molecular complexity index is 1260. The van der Waals surface area contributed by atoms with Gasteiger partial charge in [-0.2, -0.15) is 0 Å². The summed E-state index contributed by atoms with van der Waals surface area (Å²) in [6.07, 6.45) is 1.64. The molecule has 9 heteroatoms. The average molecular weight is 466 g/mol. The molecule has 1 fully saturated rings. The smallest absolute Gasteiger partial charge is 0.273 e. The van der Waals surface area contributed by atoms with E-state index in [1.807, 2.05) is 43.3 Å². The maximum atomic E-state index is 13.0. The molecule has 1 saturated heterocycles. The molecule has 3 aromatic rings. The zero-order valence-corrected chi connectivity index (χ0v) is 19.2. The highest BCUT2D eigenvalue weighted by Gasteiger charge is 2.33. The van der Waals surface area contributed by atoms with E-state index in [4.69, 9.17) is 16.6 Å². The van der Waals surface area contributed by atoms with E-state index in [1.54, 1.807) is 37.3 Å². The van der Waals surface area contributed by atoms with Crippen LogP contribution in [0, 0.1) is 17.0 Å². The van der Waals surface area contributed by atoms with Crippen LogP contribution in [0.2, 0.25) is 0 Å². The normalized spacial score (nSPS) is 15.0. The molecule has 2 aromatic carbocycles. The van der Waals surface area contributed by atoms with E-state index in [9.17, 15) is 14.9 Å². The lowest BCUT2D eigenvalue weighted by atomic mass is 10.1. The van der Waals surface area contributed by atoms with Crippen LogP contribution < -0.4 is 9.80 Å². The molecule has 1 aliphatic rings. The molecule has 0 unspecified atom stereocenters. The first-order valence-electron chi connectivity index (χ1n) is 9.66. The minimum absolute atomic E-state index is 0.0293. The molecule has 2 heterocycles. The molecule has 0 spiro atoms. The van der Waals surface area contributed by atoms with Gasteiger partial charge in [0.1, 0.15) is 11.5 Å². The standard InChI is InChI=1S/C23H19N3O4S2/c1-14-18(5-4-6-19(14)26(28)29)20-12-11-17(30-20)13-21-22(27)25(23(31)32-21)16-9-7-15(8-10-16)24(2)3/h4-13H,1-3H3. The number of nitrogens with zero attached hydrogens (tertiary/aromatic N) is 3. The van der Waals surface area contributed by atoms with Crippen LogP contribution in [0.4, 0.5) is 17.1 Å². The number of carbonyl (C=O) groups is 1. The second-order valence-electron chi connectivity index (χ2n) is 7.34. The first-order valence-corrected chi connectivity index (χ1v) is 10.9. The molecule has 32 heavy (non-hydrogen) atoms. The van der Waals surface area contributed by atoms with Crippen LogP contribution in [0.3, 0.4) is 0 Å². The van der Waals surface area contributed by atoms with Gasteiger partial charge < -0.3 is 9.32 Å². The quantitative estimate of drug-likeness (QED) is 0.209. The molecular weight excluding hydrogens is 446 g/mol. The van der Waals surface area contributed by atoms with E-state index >= 15 is 0 Å². The number of amides is 1. The maximum Gasteiger partial charge on any atom is 0.273 e. The van der Waals surface area contributed by atoms with Crippen molar-refractivity contribution in [3.8, 4) is 11.3 Å². The summed E-state index contributed by atoms with van der Waals surface area (Å²) < 4.78 is 6.33. The van der Waals surface area contributed by atoms with Gasteiger partial charge in [0.2, 0.25) is 0 Å². The Morgan fingerprint density at radius 3 is 2.50 bits per heavy atom. The average Bonchev–Trinajstić information content (AvgIpc) is 3.32. The molecule has 0 N–H and O–H groups in total. The summed E-state index contributed by atoms with van der Waals surface area (Å²) in [6, 6.07) is 15.9. The number of anilines is 2. The Kier molecular flexibility index (Phi) is 5.86. The highest BCUT2D eigenvalue weighted by Crippen LogP contribution is 2.37. The van der Waals surface area contributed by atoms with Crippen molar-refractivity contribution in [3.63, 3.8) is 0 Å². The Morgan fingerprint density at radius 1 is 1.12 bits per heavy atom. The van der Waals surface area contributed by atoms with Crippen LogP contribution >= 0.6 is 24.0 Å². The molecule has 0 bridgehead atoms. The van der Waals surface area contributed by atoms with E-state index < -0.39 is 4.92 Å². The number of furan rings is 1. The predicted molar refractivity (Wildman–Crippen MR) is 132 cm³/mol. The van der Waals surface area contributed by atoms with Crippen molar-refractivity contribution in [2.24, 2.45) is 0 Å². The lowest BCUT2D eigenvalue weighted by molar-refractivity contribution is -0.385. The number of nitro benzene ring substituents is 1. The fourth-order valence-electron chi connectivity index (χ4n) is 3.38. The van der Waals surface area contributed by atoms with Gasteiger partial charge in [0, 0.05) is 43.1 Å². The summed E-state index contributed by atoms with van der Waals surface area (Å²) >= 11 is 6.64. The third-order valence-electron chi connectivity index (χ3n) is 5.09. The first kappa shape index (κ1) is 21.8. The van der Waals surface area contributed by atoms with Crippen molar-refractivity contribution in [1.29, 1.82) is 0 Å². The van der Waals surface area contributed by atoms with Crippen molar-refractivity contribution in [2.45, 2.75) is 6.92 Å². The molecule has 1 aliphatic heterocycles. The molecule has 0 radical (unpaired) electrons. The van der Waals surface area contributed by atoms with Gasteiger partial charge in [-0.15, -0.1) is 0 Å². The summed E-state index contributed by atoms with van der Waals surface area (Å²) in [4.78, 5) is 27.7. The molecule has 1 amide bonds. The van der Waals surface area contributed by atoms with E-state index in [0.717, 1.165) is 5.69 Å². The van der Waals surface area contributed by atoms with Gasteiger partial charge in [-0.05, 0) is 43.3 Å². The Balaban J connectivity index is 1.60. The Labute approximate surface area is 194 Å². The Morgan fingerprint density at radius 2 is 1.84 bits per heavy atom. The molecule has 7 nitrogen and oxygen atoms in total. The van der Waals surface area contributed by atoms with E-state index in [-0.39, 0.29) is 11.6 Å². The first-order chi connectivity index (χ1) is 15.3. The minimum Gasteiger partial charge on any atom is -0.457 e. The molecule has 162 valence electrons. The fraction of sp³-hybridized carbons (Fsp3) is 0.130. The number of thioether (sulfide) groups is 1. The van der Waals surface area contributed by atoms with Crippen molar-refractivity contribution in [1.82, 2.24) is 0 Å². The highest BCUT2D eigenvalue weighted by atomic mass is 32.2. The number of benzene rings is 2. The van der Waals surface area contributed by atoms with Crippen LogP contribution in [-0.4, -0.2) is 29.2 Å². The van der Waals surface area contributed by atoms with Gasteiger partial charge in [0.25, 0.3) is 11.6 Å².